The topological polar surface area (TPSA) is 55.3 Å². The number of anilines is 1. The standard InChI is InChI=1S/C23H27N3O2/c1-15-6-11-22(16(2)12-15)25-23(27)24-14-19-13-17(3)26(18(19)4)20-7-9-21(28-5)10-8-20/h6-13H,14H2,1-5H3,(H2,24,25,27). The Balaban J connectivity index is 1.70. The van der Waals surface area contributed by atoms with Gasteiger partial charge in [-0.05, 0) is 75.2 Å². The zero-order chi connectivity index (χ0) is 20.3. The smallest absolute Gasteiger partial charge is 0.319 e. The van der Waals surface area contributed by atoms with Crippen LogP contribution in [0.1, 0.15) is 28.1 Å². The van der Waals surface area contributed by atoms with Gasteiger partial charge in [-0.15, -0.1) is 0 Å². The number of nitrogens with zero attached hydrogens (tertiary/aromatic N) is 1. The highest BCUT2D eigenvalue weighted by atomic mass is 16.5. The van der Waals surface area contributed by atoms with Crippen LogP contribution < -0.4 is 15.4 Å². The molecular weight excluding hydrogens is 350 g/mol. The summed E-state index contributed by atoms with van der Waals surface area (Å²) in [7, 11) is 1.66. The van der Waals surface area contributed by atoms with Gasteiger partial charge in [0.05, 0.1) is 7.11 Å². The highest BCUT2D eigenvalue weighted by Gasteiger charge is 2.12. The Bertz CT molecular complexity index is 988. The third-order valence-corrected chi connectivity index (χ3v) is 4.94. The summed E-state index contributed by atoms with van der Waals surface area (Å²) >= 11 is 0. The zero-order valence-electron chi connectivity index (χ0n) is 17.1. The molecule has 5 nitrogen and oxygen atoms in total. The van der Waals surface area contributed by atoms with Gasteiger partial charge < -0.3 is 19.9 Å². The number of methoxy groups -OCH3 is 1. The van der Waals surface area contributed by atoms with Crippen molar-refractivity contribution in [1.82, 2.24) is 9.88 Å². The molecule has 28 heavy (non-hydrogen) atoms. The van der Waals surface area contributed by atoms with E-state index < -0.39 is 0 Å². The van der Waals surface area contributed by atoms with Crippen molar-refractivity contribution >= 4 is 11.7 Å². The fourth-order valence-electron chi connectivity index (χ4n) is 3.43. The average Bonchev–Trinajstić information content (AvgIpc) is 2.96. The van der Waals surface area contributed by atoms with Crippen LogP contribution in [-0.4, -0.2) is 17.7 Å². The molecule has 0 aliphatic carbocycles. The first-order valence-electron chi connectivity index (χ1n) is 9.33. The average molecular weight is 377 g/mol. The number of carbonyl (C=O) groups excluding carboxylic acids is 1. The zero-order valence-corrected chi connectivity index (χ0v) is 17.1. The molecule has 0 bridgehead atoms. The molecule has 0 saturated carbocycles. The number of hydrogen-bond donors (Lipinski definition) is 2. The number of aromatic nitrogens is 1. The molecule has 146 valence electrons. The minimum absolute atomic E-state index is 0.207. The number of aryl methyl sites for hydroxylation is 3. The molecule has 2 amide bonds. The van der Waals surface area contributed by atoms with Gasteiger partial charge in [0.15, 0.2) is 0 Å². The van der Waals surface area contributed by atoms with Gasteiger partial charge >= 0.3 is 6.03 Å². The van der Waals surface area contributed by atoms with E-state index in [-0.39, 0.29) is 6.03 Å². The number of carbonyl (C=O) groups is 1. The summed E-state index contributed by atoms with van der Waals surface area (Å²) in [6, 6.07) is 15.8. The predicted octanol–water partition coefficient (Wildman–Crippen LogP) is 5.04. The minimum atomic E-state index is -0.207. The van der Waals surface area contributed by atoms with E-state index >= 15 is 0 Å². The SMILES string of the molecule is COc1ccc(-n2c(C)cc(CNC(=O)Nc3ccc(C)cc3C)c2C)cc1. The largest absolute Gasteiger partial charge is 0.497 e. The normalized spacial score (nSPS) is 10.6. The van der Waals surface area contributed by atoms with Crippen molar-refractivity contribution in [2.24, 2.45) is 0 Å². The molecule has 0 aliphatic rings. The number of rotatable bonds is 5. The maximum atomic E-state index is 12.3. The number of hydrogen-bond acceptors (Lipinski definition) is 2. The molecule has 1 heterocycles. The fraction of sp³-hybridized carbons (Fsp3) is 0.261. The molecule has 3 aromatic rings. The highest BCUT2D eigenvalue weighted by Crippen LogP contribution is 2.23. The molecule has 3 rings (SSSR count). The van der Waals surface area contributed by atoms with Crippen LogP contribution in [0.5, 0.6) is 5.75 Å². The summed E-state index contributed by atoms with van der Waals surface area (Å²) in [5.74, 6) is 0.830. The van der Waals surface area contributed by atoms with Gasteiger partial charge in [0.1, 0.15) is 5.75 Å². The Labute approximate surface area is 166 Å². The van der Waals surface area contributed by atoms with E-state index in [1.807, 2.05) is 50.2 Å². The fourth-order valence-corrected chi connectivity index (χ4v) is 3.43. The molecule has 2 aromatic carbocycles. The van der Waals surface area contributed by atoms with Crippen molar-refractivity contribution in [3.63, 3.8) is 0 Å². The molecule has 2 N–H and O–H groups in total. The lowest BCUT2D eigenvalue weighted by Gasteiger charge is -2.12. The molecular formula is C23H27N3O2. The number of amides is 2. The Morgan fingerprint density at radius 2 is 1.71 bits per heavy atom. The van der Waals surface area contributed by atoms with Crippen molar-refractivity contribution in [3.8, 4) is 11.4 Å². The van der Waals surface area contributed by atoms with Crippen LogP contribution in [0.15, 0.2) is 48.5 Å². The van der Waals surface area contributed by atoms with Crippen molar-refractivity contribution in [1.29, 1.82) is 0 Å². The second-order valence-electron chi connectivity index (χ2n) is 7.06. The Kier molecular flexibility index (Phi) is 5.73. The maximum absolute atomic E-state index is 12.3. The first kappa shape index (κ1) is 19.5. The van der Waals surface area contributed by atoms with E-state index in [1.165, 1.54) is 5.56 Å². The number of benzene rings is 2. The minimum Gasteiger partial charge on any atom is -0.497 e. The lowest BCUT2D eigenvalue weighted by Crippen LogP contribution is -2.28. The molecule has 0 aliphatic heterocycles. The van der Waals surface area contributed by atoms with E-state index in [9.17, 15) is 4.79 Å². The van der Waals surface area contributed by atoms with Gasteiger partial charge in [-0.1, -0.05) is 17.7 Å². The van der Waals surface area contributed by atoms with E-state index in [1.54, 1.807) is 7.11 Å². The van der Waals surface area contributed by atoms with Crippen LogP contribution in [0.2, 0.25) is 0 Å². The van der Waals surface area contributed by atoms with Crippen LogP contribution in [0, 0.1) is 27.7 Å². The van der Waals surface area contributed by atoms with Gasteiger partial charge in [0.25, 0.3) is 0 Å². The Morgan fingerprint density at radius 3 is 2.36 bits per heavy atom. The molecule has 0 unspecified atom stereocenters. The van der Waals surface area contributed by atoms with E-state index in [2.05, 4.69) is 41.2 Å². The van der Waals surface area contributed by atoms with Gasteiger partial charge in [-0.3, -0.25) is 0 Å². The van der Waals surface area contributed by atoms with Crippen LogP contribution in [0.25, 0.3) is 5.69 Å². The van der Waals surface area contributed by atoms with Crippen molar-refractivity contribution in [3.05, 3.63) is 76.6 Å². The summed E-state index contributed by atoms with van der Waals surface area (Å²) in [5.41, 5.74) is 7.43. The summed E-state index contributed by atoms with van der Waals surface area (Å²) in [6.07, 6.45) is 0. The van der Waals surface area contributed by atoms with Crippen LogP contribution in [0.3, 0.4) is 0 Å². The number of nitrogens with one attached hydrogen (secondary N) is 2. The highest BCUT2D eigenvalue weighted by molar-refractivity contribution is 5.90. The van der Waals surface area contributed by atoms with Crippen molar-refractivity contribution in [2.75, 3.05) is 12.4 Å². The summed E-state index contributed by atoms with van der Waals surface area (Å²) in [5, 5.41) is 5.88. The quantitative estimate of drug-likeness (QED) is 0.654. The van der Waals surface area contributed by atoms with E-state index in [0.29, 0.717) is 6.54 Å². The van der Waals surface area contributed by atoms with Crippen LogP contribution in [-0.2, 0) is 6.54 Å². The lowest BCUT2D eigenvalue weighted by atomic mass is 10.1. The molecule has 0 saturated heterocycles. The lowest BCUT2D eigenvalue weighted by molar-refractivity contribution is 0.251. The van der Waals surface area contributed by atoms with Crippen LogP contribution >= 0.6 is 0 Å². The van der Waals surface area contributed by atoms with Gasteiger partial charge in [0, 0.05) is 29.3 Å². The summed E-state index contributed by atoms with van der Waals surface area (Å²) in [4.78, 5) is 12.3. The first-order chi connectivity index (χ1) is 13.4. The summed E-state index contributed by atoms with van der Waals surface area (Å²) < 4.78 is 7.41. The van der Waals surface area contributed by atoms with E-state index in [4.69, 9.17) is 4.74 Å². The predicted molar refractivity (Wildman–Crippen MR) is 114 cm³/mol. The Hall–Kier alpha value is -3.21. The molecule has 5 heteroatoms. The molecule has 0 atom stereocenters. The second-order valence-corrected chi connectivity index (χ2v) is 7.06. The molecule has 0 spiro atoms. The van der Waals surface area contributed by atoms with Gasteiger partial charge in [-0.25, -0.2) is 4.79 Å². The number of ether oxygens (including phenoxy) is 1. The van der Waals surface area contributed by atoms with E-state index in [0.717, 1.165) is 39.6 Å². The van der Waals surface area contributed by atoms with Gasteiger partial charge in [-0.2, -0.15) is 0 Å². The molecule has 0 fully saturated rings. The third-order valence-electron chi connectivity index (χ3n) is 4.94. The third kappa shape index (κ3) is 4.19. The number of urea groups is 1. The first-order valence-corrected chi connectivity index (χ1v) is 9.33. The summed E-state index contributed by atoms with van der Waals surface area (Å²) in [6.45, 7) is 8.62. The van der Waals surface area contributed by atoms with Gasteiger partial charge in [0.2, 0.25) is 0 Å². The van der Waals surface area contributed by atoms with Crippen LogP contribution in [0.4, 0.5) is 10.5 Å². The monoisotopic (exact) mass is 377 g/mol. The molecule has 1 aromatic heterocycles. The Morgan fingerprint density at radius 1 is 1.00 bits per heavy atom. The van der Waals surface area contributed by atoms with Crippen molar-refractivity contribution < 1.29 is 9.53 Å². The second kappa shape index (κ2) is 8.21. The maximum Gasteiger partial charge on any atom is 0.319 e. The van der Waals surface area contributed by atoms with Crippen molar-refractivity contribution in [2.45, 2.75) is 34.2 Å². The molecule has 0 radical (unpaired) electrons.